The van der Waals surface area contributed by atoms with Crippen LogP contribution in [0, 0.1) is 0 Å². The highest BCUT2D eigenvalue weighted by Gasteiger charge is 2.11. The van der Waals surface area contributed by atoms with E-state index in [0.29, 0.717) is 10.8 Å². The molecule has 0 saturated carbocycles. The number of nitrogens with zero attached hydrogens (tertiary/aromatic N) is 1. The van der Waals surface area contributed by atoms with Gasteiger partial charge in [-0.3, -0.25) is 4.79 Å². The van der Waals surface area contributed by atoms with Crippen LogP contribution < -0.4 is 5.32 Å². The van der Waals surface area contributed by atoms with Gasteiger partial charge in [-0.1, -0.05) is 71.9 Å². The van der Waals surface area contributed by atoms with Crippen LogP contribution in [0.4, 0.5) is 5.69 Å². The lowest BCUT2D eigenvalue weighted by atomic mass is 10.0. The molecule has 134 valence electrons. The van der Waals surface area contributed by atoms with Crippen LogP contribution in [0.3, 0.4) is 0 Å². The van der Waals surface area contributed by atoms with Crippen LogP contribution in [0.1, 0.15) is 0 Å². The van der Waals surface area contributed by atoms with Crippen LogP contribution in [0.5, 0.6) is 0 Å². The molecule has 0 unspecified atom stereocenters. The number of carbonyl (C=O) groups is 1. The quantitative estimate of drug-likeness (QED) is 0.390. The number of hydrogen-bond acceptors (Lipinski definition) is 4. The first-order valence-electron chi connectivity index (χ1n) is 8.32. The molecule has 4 aromatic rings. The van der Waals surface area contributed by atoms with Crippen molar-refractivity contribution in [2.45, 2.75) is 4.34 Å². The minimum atomic E-state index is -0.0549. The fourth-order valence-corrected chi connectivity index (χ4v) is 4.73. The molecular formula is C21H15ClN2OS2. The Hall–Kier alpha value is -2.34. The molecule has 6 heteroatoms. The lowest BCUT2D eigenvalue weighted by Crippen LogP contribution is -2.14. The van der Waals surface area contributed by atoms with E-state index < -0.39 is 0 Å². The maximum absolute atomic E-state index is 12.5. The Morgan fingerprint density at radius 3 is 2.67 bits per heavy atom. The summed E-state index contributed by atoms with van der Waals surface area (Å²) in [6.45, 7) is 0. The number of aromatic nitrogens is 1. The summed E-state index contributed by atoms with van der Waals surface area (Å²) in [5.74, 6) is 0.247. The van der Waals surface area contributed by atoms with Gasteiger partial charge in [-0.15, -0.1) is 11.3 Å². The Morgan fingerprint density at radius 1 is 1.04 bits per heavy atom. The summed E-state index contributed by atoms with van der Waals surface area (Å²) in [7, 11) is 0. The minimum absolute atomic E-state index is 0.0549. The lowest BCUT2D eigenvalue weighted by molar-refractivity contribution is -0.113. The molecule has 0 saturated heterocycles. The van der Waals surface area contributed by atoms with Gasteiger partial charge in [0.2, 0.25) is 5.91 Å². The van der Waals surface area contributed by atoms with E-state index in [9.17, 15) is 4.79 Å². The molecule has 27 heavy (non-hydrogen) atoms. The molecule has 0 bridgehead atoms. The zero-order chi connectivity index (χ0) is 18.6. The molecule has 0 radical (unpaired) electrons. The van der Waals surface area contributed by atoms with Gasteiger partial charge in [-0.25, -0.2) is 4.98 Å². The zero-order valence-corrected chi connectivity index (χ0v) is 16.6. The largest absolute Gasteiger partial charge is 0.325 e. The molecule has 4 rings (SSSR count). The van der Waals surface area contributed by atoms with Gasteiger partial charge in [0, 0.05) is 16.3 Å². The fourth-order valence-electron chi connectivity index (χ4n) is 2.72. The van der Waals surface area contributed by atoms with Gasteiger partial charge >= 0.3 is 0 Å². The van der Waals surface area contributed by atoms with E-state index >= 15 is 0 Å². The molecule has 3 nitrogen and oxygen atoms in total. The number of thioether (sulfide) groups is 1. The monoisotopic (exact) mass is 410 g/mol. The van der Waals surface area contributed by atoms with E-state index in [1.165, 1.54) is 11.8 Å². The van der Waals surface area contributed by atoms with Gasteiger partial charge in [0.25, 0.3) is 0 Å². The summed E-state index contributed by atoms with van der Waals surface area (Å²) in [5.41, 5.74) is 3.75. The summed E-state index contributed by atoms with van der Waals surface area (Å²) in [6.07, 6.45) is 0. The minimum Gasteiger partial charge on any atom is -0.325 e. The number of rotatable bonds is 5. The molecule has 3 aromatic carbocycles. The van der Waals surface area contributed by atoms with Crippen molar-refractivity contribution in [2.75, 3.05) is 11.1 Å². The first-order valence-corrected chi connectivity index (χ1v) is 10.5. The van der Waals surface area contributed by atoms with Crippen LogP contribution in [0.25, 0.3) is 21.3 Å². The first kappa shape index (κ1) is 18.0. The highest BCUT2D eigenvalue weighted by molar-refractivity contribution is 8.01. The van der Waals surface area contributed by atoms with Gasteiger partial charge < -0.3 is 5.32 Å². The summed E-state index contributed by atoms with van der Waals surface area (Å²) in [6, 6.07) is 23.5. The number of benzene rings is 3. The first-order chi connectivity index (χ1) is 13.2. The van der Waals surface area contributed by atoms with Gasteiger partial charge in [0.15, 0.2) is 4.34 Å². The Kier molecular flexibility index (Phi) is 5.43. The van der Waals surface area contributed by atoms with Crippen LogP contribution in [0.2, 0.25) is 5.02 Å². The topological polar surface area (TPSA) is 42.0 Å². The molecule has 1 amide bonds. The van der Waals surface area contributed by atoms with Crippen molar-refractivity contribution in [3.05, 3.63) is 77.8 Å². The zero-order valence-electron chi connectivity index (χ0n) is 14.2. The molecule has 0 spiro atoms. The Balaban J connectivity index is 1.45. The number of anilines is 1. The van der Waals surface area contributed by atoms with Crippen molar-refractivity contribution >= 4 is 56.5 Å². The predicted molar refractivity (Wildman–Crippen MR) is 116 cm³/mol. The van der Waals surface area contributed by atoms with Crippen LogP contribution in [-0.4, -0.2) is 16.6 Å². The molecular weight excluding hydrogens is 396 g/mol. The Bertz CT molecular complexity index is 1100. The standard InChI is InChI=1S/C21H15ClN2OS2/c22-15-10-11-19-18(12-15)24-21(27-19)26-13-20(25)23-17-9-5-4-8-16(17)14-6-2-1-3-7-14/h1-12H,13H2,(H,23,25). The molecule has 0 atom stereocenters. The normalized spacial score (nSPS) is 10.9. The average Bonchev–Trinajstić information content (AvgIpc) is 3.09. The number of fused-ring (bicyclic) bond motifs is 1. The van der Waals surface area contributed by atoms with E-state index in [-0.39, 0.29) is 5.91 Å². The summed E-state index contributed by atoms with van der Waals surface area (Å²) in [4.78, 5) is 17.0. The number of nitrogens with one attached hydrogen (secondary N) is 1. The van der Waals surface area contributed by atoms with Gasteiger partial charge in [0.05, 0.1) is 16.0 Å². The number of para-hydroxylation sites is 1. The van der Waals surface area contributed by atoms with Gasteiger partial charge in [0.1, 0.15) is 0 Å². The molecule has 0 aliphatic carbocycles. The van der Waals surface area contributed by atoms with Crippen molar-refractivity contribution in [2.24, 2.45) is 0 Å². The highest BCUT2D eigenvalue weighted by Crippen LogP contribution is 2.32. The van der Waals surface area contributed by atoms with Crippen molar-refractivity contribution in [3.8, 4) is 11.1 Å². The van der Waals surface area contributed by atoms with E-state index in [0.717, 1.165) is 31.4 Å². The smallest absolute Gasteiger partial charge is 0.234 e. The fraction of sp³-hybridized carbons (Fsp3) is 0.0476. The second-order valence-electron chi connectivity index (χ2n) is 5.84. The second kappa shape index (κ2) is 8.13. The Labute approximate surface area is 170 Å². The van der Waals surface area contributed by atoms with E-state index in [1.54, 1.807) is 11.3 Å². The molecule has 1 heterocycles. The van der Waals surface area contributed by atoms with Crippen LogP contribution in [-0.2, 0) is 4.79 Å². The van der Waals surface area contributed by atoms with Gasteiger partial charge in [-0.2, -0.15) is 0 Å². The molecule has 1 N–H and O–H groups in total. The summed E-state index contributed by atoms with van der Waals surface area (Å²) in [5, 5.41) is 3.68. The van der Waals surface area contributed by atoms with Crippen LogP contribution >= 0.6 is 34.7 Å². The Morgan fingerprint density at radius 2 is 1.81 bits per heavy atom. The summed E-state index contributed by atoms with van der Waals surface area (Å²) < 4.78 is 1.93. The molecule has 1 aromatic heterocycles. The average molecular weight is 411 g/mol. The van der Waals surface area contributed by atoms with E-state index in [2.05, 4.69) is 10.3 Å². The van der Waals surface area contributed by atoms with E-state index in [4.69, 9.17) is 11.6 Å². The maximum Gasteiger partial charge on any atom is 0.234 e. The lowest BCUT2D eigenvalue weighted by Gasteiger charge is -2.11. The predicted octanol–water partition coefficient (Wildman–Crippen LogP) is 6.35. The van der Waals surface area contributed by atoms with Crippen molar-refractivity contribution in [1.82, 2.24) is 4.98 Å². The number of thiazole rings is 1. The van der Waals surface area contributed by atoms with Crippen molar-refractivity contribution < 1.29 is 4.79 Å². The third-order valence-electron chi connectivity index (χ3n) is 3.94. The van der Waals surface area contributed by atoms with Crippen molar-refractivity contribution in [3.63, 3.8) is 0 Å². The van der Waals surface area contributed by atoms with E-state index in [1.807, 2.05) is 72.8 Å². The van der Waals surface area contributed by atoms with Crippen LogP contribution in [0.15, 0.2) is 77.1 Å². The number of halogens is 1. The third kappa shape index (κ3) is 4.33. The molecule has 0 aliphatic rings. The SMILES string of the molecule is O=C(CSc1nc2cc(Cl)ccc2s1)Nc1ccccc1-c1ccccc1. The number of hydrogen-bond donors (Lipinski definition) is 1. The number of amides is 1. The summed E-state index contributed by atoms with van der Waals surface area (Å²) >= 11 is 9.01. The molecule has 0 aliphatic heterocycles. The highest BCUT2D eigenvalue weighted by atomic mass is 35.5. The maximum atomic E-state index is 12.5. The third-order valence-corrected chi connectivity index (χ3v) is 6.36. The number of carbonyl (C=O) groups excluding carboxylic acids is 1. The second-order valence-corrected chi connectivity index (χ2v) is 8.53. The van der Waals surface area contributed by atoms with Crippen molar-refractivity contribution in [1.29, 1.82) is 0 Å². The van der Waals surface area contributed by atoms with Gasteiger partial charge in [-0.05, 0) is 29.8 Å². The molecule has 0 fully saturated rings.